The average molecular weight is 392 g/mol. The van der Waals surface area contributed by atoms with Crippen LogP contribution in [0.1, 0.15) is 29.5 Å². The third-order valence-electron chi connectivity index (χ3n) is 5.25. The summed E-state index contributed by atoms with van der Waals surface area (Å²) in [6.45, 7) is 4.38. The number of rotatable bonds is 8. The van der Waals surface area contributed by atoms with E-state index in [-0.39, 0.29) is 0 Å². The van der Waals surface area contributed by atoms with Crippen LogP contribution < -0.4 is 15.4 Å². The number of hydrogen-bond acceptors (Lipinski definition) is 3. The molecule has 0 radical (unpaired) electrons. The lowest BCUT2D eigenvalue weighted by molar-refractivity contribution is 0.288. The number of hydrogen-bond donors (Lipinski definition) is 3. The van der Waals surface area contributed by atoms with Crippen LogP contribution in [0.2, 0.25) is 0 Å². The third kappa shape index (κ3) is 5.28. The van der Waals surface area contributed by atoms with Crippen molar-refractivity contribution >= 4 is 16.9 Å². The van der Waals surface area contributed by atoms with Crippen LogP contribution in [0.15, 0.2) is 47.7 Å². The Balaban J connectivity index is 1.23. The smallest absolute Gasteiger partial charge is 0.213 e. The molecule has 1 aliphatic rings. The summed E-state index contributed by atoms with van der Waals surface area (Å²) in [6.07, 6.45) is 7.46. The zero-order valence-electron chi connectivity index (χ0n) is 17.2. The molecule has 0 saturated heterocycles. The molecule has 1 saturated carbocycles. The first kappa shape index (κ1) is 19.3. The molecule has 6 nitrogen and oxygen atoms in total. The summed E-state index contributed by atoms with van der Waals surface area (Å²) >= 11 is 0. The number of guanidine groups is 1. The van der Waals surface area contributed by atoms with Gasteiger partial charge in [0.15, 0.2) is 5.96 Å². The number of aliphatic imine (C=N–C) groups is 1. The molecule has 0 spiro atoms. The number of pyridine rings is 1. The molecule has 2 aromatic heterocycles. The van der Waals surface area contributed by atoms with Gasteiger partial charge in [-0.3, -0.25) is 4.99 Å². The number of H-pyrrole nitrogens is 1. The number of aromatic nitrogens is 2. The van der Waals surface area contributed by atoms with Gasteiger partial charge in [0, 0.05) is 49.5 Å². The summed E-state index contributed by atoms with van der Waals surface area (Å²) in [7, 11) is 1.79. The second-order valence-corrected chi connectivity index (χ2v) is 7.72. The summed E-state index contributed by atoms with van der Waals surface area (Å²) in [4.78, 5) is 12.1. The summed E-state index contributed by atoms with van der Waals surface area (Å²) in [5, 5.41) is 8.01. The number of ether oxygens (including phenoxy) is 1. The summed E-state index contributed by atoms with van der Waals surface area (Å²) in [6, 6.07) is 10.5. The number of benzene rings is 1. The first-order valence-electron chi connectivity index (χ1n) is 10.3. The minimum Gasteiger partial charge on any atom is -0.477 e. The number of nitrogens with one attached hydrogen (secondary N) is 3. The molecule has 6 heteroatoms. The Kier molecular flexibility index (Phi) is 5.98. The van der Waals surface area contributed by atoms with Gasteiger partial charge in [-0.1, -0.05) is 18.2 Å². The molecule has 1 aliphatic carbocycles. The van der Waals surface area contributed by atoms with E-state index < -0.39 is 0 Å². The van der Waals surface area contributed by atoms with E-state index in [1.54, 1.807) is 7.05 Å². The lowest BCUT2D eigenvalue weighted by atomic mass is 10.1. The zero-order valence-corrected chi connectivity index (χ0v) is 17.2. The Morgan fingerprint density at radius 2 is 2.14 bits per heavy atom. The van der Waals surface area contributed by atoms with E-state index in [0.717, 1.165) is 37.0 Å². The molecule has 0 bridgehead atoms. The highest BCUT2D eigenvalue weighted by Gasteiger charge is 2.22. The predicted octanol–water partition coefficient (Wildman–Crippen LogP) is 3.57. The fourth-order valence-corrected chi connectivity index (χ4v) is 3.32. The second-order valence-electron chi connectivity index (χ2n) is 7.72. The molecule has 0 atom stereocenters. The van der Waals surface area contributed by atoms with E-state index in [0.29, 0.717) is 12.4 Å². The first-order valence-corrected chi connectivity index (χ1v) is 10.3. The van der Waals surface area contributed by atoms with Gasteiger partial charge >= 0.3 is 0 Å². The van der Waals surface area contributed by atoms with E-state index in [9.17, 15) is 0 Å². The Morgan fingerprint density at radius 3 is 2.90 bits per heavy atom. The number of aromatic amines is 1. The van der Waals surface area contributed by atoms with Crippen molar-refractivity contribution in [3.05, 3.63) is 59.4 Å². The van der Waals surface area contributed by atoms with Crippen LogP contribution in [0.5, 0.6) is 5.88 Å². The van der Waals surface area contributed by atoms with Gasteiger partial charge in [0.05, 0.1) is 6.61 Å². The Hall–Kier alpha value is -3.02. The van der Waals surface area contributed by atoms with Crippen molar-refractivity contribution in [2.45, 2.75) is 32.7 Å². The molecule has 29 heavy (non-hydrogen) atoms. The summed E-state index contributed by atoms with van der Waals surface area (Å²) < 4.78 is 5.69. The van der Waals surface area contributed by atoms with Crippen LogP contribution in [-0.4, -0.2) is 36.1 Å². The van der Waals surface area contributed by atoms with Crippen LogP contribution in [0, 0.1) is 12.8 Å². The predicted molar refractivity (Wildman–Crippen MR) is 117 cm³/mol. The largest absolute Gasteiger partial charge is 0.477 e. The number of aryl methyl sites for hydroxylation is 1. The SMILES string of the molecule is CN=C(NCCc1c[nH]c2cc(C)ccc12)NCc1ccc(OCC2CC2)nc1. The van der Waals surface area contributed by atoms with Gasteiger partial charge in [0.1, 0.15) is 0 Å². The third-order valence-corrected chi connectivity index (χ3v) is 5.25. The molecule has 0 unspecified atom stereocenters. The molecule has 0 aliphatic heterocycles. The van der Waals surface area contributed by atoms with Gasteiger partial charge in [-0.15, -0.1) is 0 Å². The van der Waals surface area contributed by atoms with Gasteiger partial charge in [-0.2, -0.15) is 0 Å². The van der Waals surface area contributed by atoms with Gasteiger partial charge in [0.25, 0.3) is 0 Å². The molecule has 4 rings (SSSR count). The van der Waals surface area contributed by atoms with E-state index >= 15 is 0 Å². The van der Waals surface area contributed by atoms with Gasteiger partial charge < -0.3 is 20.4 Å². The standard InChI is InChI=1S/C23H29N5O/c1-16-3-7-20-19(14-26-21(20)11-16)9-10-25-23(24-2)28-13-18-6-8-22(27-12-18)29-15-17-4-5-17/h3,6-8,11-12,14,17,26H,4-5,9-10,13,15H2,1-2H3,(H2,24,25,28). The highest BCUT2D eigenvalue weighted by molar-refractivity contribution is 5.84. The van der Waals surface area contributed by atoms with E-state index in [2.05, 4.69) is 56.9 Å². The second kappa shape index (κ2) is 8.99. The molecule has 3 aromatic rings. The molecule has 0 amide bonds. The highest BCUT2D eigenvalue weighted by Crippen LogP contribution is 2.29. The minimum atomic E-state index is 0.669. The molecule has 1 aromatic carbocycles. The van der Waals surface area contributed by atoms with Crippen molar-refractivity contribution in [1.82, 2.24) is 20.6 Å². The maximum absolute atomic E-state index is 5.69. The average Bonchev–Trinajstić information content (AvgIpc) is 3.49. The highest BCUT2D eigenvalue weighted by atomic mass is 16.5. The Labute approximate surface area is 171 Å². The van der Waals surface area contributed by atoms with E-state index in [1.165, 1.54) is 34.9 Å². The molecule has 2 heterocycles. The van der Waals surface area contributed by atoms with Crippen LogP contribution in [0.4, 0.5) is 0 Å². The van der Waals surface area contributed by atoms with Gasteiger partial charge in [-0.25, -0.2) is 4.98 Å². The van der Waals surface area contributed by atoms with Crippen LogP contribution >= 0.6 is 0 Å². The van der Waals surface area contributed by atoms with Crippen molar-refractivity contribution < 1.29 is 4.74 Å². The molecular weight excluding hydrogens is 362 g/mol. The van der Waals surface area contributed by atoms with E-state index in [4.69, 9.17) is 4.74 Å². The normalized spacial score (nSPS) is 14.2. The van der Waals surface area contributed by atoms with Gasteiger partial charge in [-0.05, 0) is 54.9 Å². The topological polar surface area (TPSA) is 74.3 Å². The first-order chi connectivity index (χ1) is 14.2. The Bertz CT molecular complexity index is 973. The van der Waals surface area contributed by atoms with Crippen molar-refractivity contribution in [3.8, 4) is 5.88 Å². The van der Waals surface area contributed by atoms with E-state index in [1.807, 2.05) is 18.3 Å². The maximum Gasteiger partial charge on any atom is 0.213 e. The molecule has 3 N–H and O–H groups in total. The van der Waals surface area contributed by atoms with Crippen molar-refractivity contribution in [1.29, 1.82) is 0 Å². The zero-order chi connectivity index (χ0) is 20.1. The lowest BCUT2D eigenvalue weighted by Crippen LogP contribution is -2.37. The quantitative estimate of drug-likeness (QED) is 0.405. The monoisotopic (exact) mass is 391 g/mol. The fraction of sp³-hybridized carbons (Fsp3) is 0.391. The minimum absolute atomic E-state index is 0.669. The fourth-order valence-electron chi connectivity index (χ4n) is 3.32. The molecular formula is C23H29N5O. The summed E-state index contributed by atoms with van der Waals surface area (Å²) in [5.41, 5.74) is 4.87. The van der Waals surface area contributed by atoms with Gasteiger partial charge in [0.2, 0.25) is 5.88 Å². The maximum atomic E-state index is 5.69. The van der Waals surface area contributed by atoms with Crippen molar-refractivity contribution in [2.24, 2.45) is 10.9 Å². The molecule has 152 valence electrons. The number of nitrogens with zero attached hydrogens (tertiary/aromatic N) is 2. The van der Waals surface area contributed by atoms with Crippen molar-refractivity contribution in [3.63, 3.8) is 0 Å². The Morgan fingerprint density at radius 1 is 1.24 bits per heavy atom. The molecule has 1 fully saturated rings. The number of fused-ring (bicyclic) bond motifs is 1. The van der Waals surface area contributed by atoms with Crippen LogP contribution in [-0.2, 0) is 13.0 Å². The van der Waals surface area contributed by atoms with Crippen molar-refractivity contribution in [2.75, 3.05) is 20.2 Å². The lowest BCUT2D eigenvalue weighted by Gasteiger charge is -2.12. The summed E-state index contributed by atoms with van der Waals surface area (Å²) in [5.74, 6) is 2.23. The van der Waals surface area contributed by atoms with Crippen LogP contribution in [0.3, 0.4) is 0 Å². The van der Waals surface area contributed by atoms with Crippen LogP contribution in [0.25, 0.3) is 10.9 Å².